The quantitative estimate of drug-likeness (QED) is 0.871. The van der Waals surface area contributed by atoms with Crippen molar-refractivity contribution in [3.63, 3.8) is 0 Å². The Bertz CT molecular complexity index is 392. The van der Waals surface area contributed by atoms with Gasteiger partial charge in [-0.25, -0.2) is 4.98 Å². The molecule has 0 saturated carbocycles. The third-order valence-corrected chi connectivity index (χ3v) is 3.84. The average molecular weight is 225 g/mol. The molecular formula is C10H11NOS2. The monoisotopic (exact) mass is 225 g/mol. The van der Waals surface area contributed by atoms with E-state index in [4.69, 9.17) is 0 Å². The summed E-state index contributed by atoms with van der Waals surface area (Å²) >= 11 is 3.35. The van der Waals surface area contributed by atoms with Crippen LogP contribution >= 0.6 is 22.7 Å². The van der Waals surface area contributed by atoms with Crippen LogP contribution in [0.3, 0.4) is 0 Å². The maximum atomic E-state index is 9.23. The number of thiazole rings is 1. The van der Waals surface area contributed by atoms with E-state index in [0.717, 1.165) is 9.88 Å². The van der Waals surface area contributed by atoms with Gasteiger partial charge >= 0.3 is 0 Å². The lowest BCUT2D eigenvalue weighted by atomic mass is 10.3. The molecule has 0 aliphatic heterocycles. The van der Waals surface area contributed by atoms with Gasteiger partial charge in [0, 0.05) is 17.5 Å². The smallest absolute Gasteiger partial charge is 0.133 e. The Morgan fingerprint density at radius 3 is 3.07 bits per heavy atom. The Hall–Kier alpha value is -0.710. The fourth-order valence-electron chi connectivity index (χ4n) is 1.21. The van der Waals surface area contributed by atoms with Gasteiger partial charge in [0.25, 0.3) is 0 Å². The first kappa shape index (κ1) is 9.83. The van der Waals surface area contributed by atoms with Crippen molar-refractivity contribution in [2.24, 2.45) is 0 Å². The molecule has 0 bridgehead atoms. The van der Waals surface area contributed by atoms with Crippen LogP contribution in [-0.2, 0) is 6.42 Å². The van der Waals surface area contributed by atoms with Gasteiger partial charge in [0.15, 0.2) is 0 Å². The zero-order valence-electron chi connectivity index (χ0n) is 7.80. The van der Waals surface area contributed by atoms with Crippen molar-refractivity contribution < 1.29 is 5.11 Å². The molecular weight excluding hydrogens is 214 g/mol. The lowest BCUT2D eigenvalue weighted by Crippen LogP contribution is -2.01. The van der Waals surface area contributed by atoms with E-state index in [9.17, 15) is 5.11 Å². The van der Waals surface area contributed by atoms with Crippen molar-refractivity contribution in [3.8, 4) is 9.88 Å². The zero-order chi connectivity index (χ0) is 9.97. The molecule has 0 aliphatic carbocycles. The van der Waals surface area contributed by atoms with Crippen LogP contribution < -0.4 is 0 Å². The molecule has 2 aromatic rings. The molecule has 1 atom stereocenters. The SMILES string of the molecule is CC(O)Cc1cnc(-c2cccs2)s1. The second kappa shape index (κ2) is 4.21. The van der Waals surface area contributed by atoms with E-state index in [2.05, 4.69) is 11.1 Å². The van der Waals surface area contributed by atoms with Crippen LogP contribution in [0.25, 0.3) is 9.88 Å². The van der Waals surface area contributed by atoms with Gasteiger partial charge in [-0.3, -0.25) is 0 Å². The van der Waals surface area contributed by atoms with E-state index in [1.165, 1.54) is 4.88 Å². The van der Waals surface area contributed by atoms with Gasteiger partial charge in [-0.05, 0) is 18.4 Å². The third-order valence-electron chi connectivity index (χ3n) is 1.78. The highest BCUT2D eigenvalue weighted by molar-refractivity contribution is 7.20. The molecule has 0 aromatic carbocycles. The first-order valence-corrected chi connectivity index (χ1v) is 6.12. The minimum Gasteiger partial charge on any atom is -0.393 e. The predicted octanol–water partition coefficient (Wildman–Crippen LogP) is 2.79. The summed E-state index contributed by atoms with van der Waals surface area (Å²) in [5, 5.41) is 12.3. The van der Waals surface area contributed by atoms with Gasteiger partial charge in [0.1, 0.15) is 5.01 Å². The number of hydrogen-bond acceptors (Lipinski definition) is 4. The van der Waals surface area contributed by atoms with Crippen LogP contribution in [0, 0.1) is 0 Å². The fraction of sp³-hybridized carbons (Fsp3) is 0.300. The third kappa shape index (κ3) is 2.20. The molecule has 2 nitrogen and oxygen atoms in total. The van der Waals surface area contributed by atoms with E-state index in [1.807, 2.05) is 17.6 Å². The highest BCUT2D eigenvalue weighted by atomic mass is 32.1. The first-order chi connectivity index (χ1) is 6.75. The highest BCUT2D eigenvalue weighted by Crippen LogP contribution is 2.29. The summed E-state index contributed by atoms with van der Waals surface area (Å²) in [5.74, 6) is 0. The highest BCUT2D eigenvalue weighted by Gasteiger charge is 2.06. The van der Waals surface area contributed by atoms with Gasteiger partial charge in [-0.15, -0.1) is 22.7 Å². The van der Waals surface area contributed by atoms with Gasteiger partial charge in [0.05, 0.1) is 11.0 Å². The second-order valence-electron chi connectivity index (χ2n) is 3.16. The van der Waals surface area contributed by atoms with Gasteiger partial charge in [-0.2, -0.15) is 0 Å². The van der Waals surface area contributed by atoms with Crippen molar-refractivity contribution in [1.82, 2.24) is 4.98 Å². The van der Waals surface area contributed by atoms with E-state index >= 15 is 0 Å². The molecule has 74 valence electrons. The molecule has 1 unspecified atom stereocenters. The fourth-order valence-corrected chi connectivity index (χ4v) is 3.04. The number of thiophene rings is 1. The van der Waals surface area contributed by atoms with Gasteiger partial charge < -0.3 is 5.11 Å². The van der Waals surface area contributed by atoms with E-state index in [1.54, 1.807) is 29.6 Å². The number of aliphatic hydroxyl groups is 1. The summed E-state index contributed by atoms with van der Waals surface area (Å²) < 4.78 is 0. The Morgan fingerprint density at radius 2 is 2.43 bits per heavy atom. The average Bonchev–Trinajstić information content (AvgIpc) is 2.69. The number of aliphatic hydroxyl groups excluding tert-OH is 1. The predicted molar refractivity (Wildman–Crippen MR) is 60.8 cm³/mol. The van der Waals surface area contributed by atoms with Crippen LogP contribution in [0.1, 0.15) is 11.8 Å². The molecule has 1 N–H and O–H groups in total. The first-order valence-electron chi connectivity index (χ1n) is 4.42. The maximum Gasteiger partial charge on any atom is 0.133 e. The summed E-state index contributed by atoms with van der Waals surface area (Å²) in [6.45, 7) is 1.80. The number of rotatable bonds is 3. The van der Waals surface area contributed by atoms with Crippen molar-refractivity contribution in [2.75, 3.05) is 0 Å². The van der Waals surface area contributed by atoms with Crippen molar-refractivity contribution >= 4 is 22.7 Å². The Morgan fingerprint density at radius 1 is 1.57 bits per heavy atom. The summed E-state index contributed by atoms with van der Waals surface area (Å²) in [5.41, 5.74) is 0. The summed E-state index contributed by atoms with van der Waals surface area (Å²) in [4.78, 5) is 6.67. The zero-order valence-corrected chi connectivity index (χ0v) is 9.44. The molecule has 0 spiro atoms. The van der Waals surface area contributed by atoms with Crippen LogP contribution in [0.15, 0.2) is 23.7 Å². The lowest BCUT2D eigenvalue weighted by molar-refractivity contribution is 0.196. The minimum atomic E-state index is -0.286. The maximum absolute atomic E-state index is 9.23. The van der Waals surface area contributed by atoms with Crippen LogP contribution in [0.4, 0.5) is 0 Å². The van der Waals surface area contributed by atoms with Crippen molar-refractivity contribution in [1.29, 1.82) is 0 Å². The minimum absolute atomic E-state index is 0.286. The molecule has 0 saturated heterocycles. The number of hydrogen-bond donors (Lipinski definition) is 1. The molecule has 0 aliphatic rings. The van der Waals surface area contributed by atoms with Crippen molar-refractivity contribution in [3.05, 3.63) is 28.6 Å². The van der Waals surface area contributed by atoms with Crippen molar-refractivity contribution in [2.45, 2.75) is 19.4 Å². The normalized spacial score (nSPS) is 13.0. The van der Waals surface area contributed by atoms with Gasteiger partial charge in [0.2, 0.25) is 0 Å². The Balaban J connectivity index is 2.18. The lowest BCUT2D eigenvalue weighted by Gasteiger charge is -1.97. The largest absolute Gasteiger partial charge is 0.393 e. The molecule has 2 heterocycles. The summed E-state index contributed by atoms with van der Waals surface area (Å²) in [7, 11) is 0. The van der Waals surface area contributed by atoms with Crippen LogP contribution in [0.5, 0.6) is 0 Å². The van der Waals surface area contributed by atoms with Crippen LogP contribution in [0.2, 0.25) is 0 Å². The number of aromatic nitrogens is 1. The van der Waals surface area contributed by atoms with Crippen LogP contribution in [-0.4, -0.2) is 16.2 Å². The number of nitrogens with zero attached hydrogens (tertiary/aromatic N) is 1. The van der Waals surface area contributed by atoms with E-state index < -0.39 is 0 Å². The van der Waals surface area contributed by atoms with Gasteiger partial charge in [-0.1, -0.05) is 6.07 Å². The molecule has 4 heteroatoms. The Labute approximate surface area is 90.9 Å². The second-order valence-corrected chi connectivity index (χ2v) is 5.23. The Kier molecular flexibility index (Phi) is 2.96. The van der Waals surface area contributed by atoms with E-state index in [-0.39, 0.29) is 6.10 Å². The summed E-state index contributed by atoms with van der Waals surface area (Å²) in [6.07, 6.45) is 2.27. The standard InChI is InChI=1S/C10H11NOS2/c1-7(12)5-8-6-11-10(14-8)9-3-2-4-13-9/h2-4,6-7,12H,5H2,1H3. The topological polar surface area (TPSA) is 33.1 Å². The van der Waals surface area contributed by atoms with E-state index in [0.29, 0.717) is 6.42 Å². The molecule has 14 heavy (non-hydrogen) atoms. The molecule has 2 aromatic heterocycles. The summed E-state index contributed by atoms with van der Waals surface area (Å²) in [6, 6.07) is 4.09. The molecule has 0 radical (unpaired) electrons. The molecule has 0 amide bonds. The molecule has 0 fully saturated rings. The molecule has 2 rings (SSSR count).